The second-order valence-corrected chi connectivity index (χ2v) is 10.1. The van der Waals surface area contributed by atoms with Crippen LogP contribution in [0.4, 0.5) is 4.39 Å². The number of aromatic nitrogens is 2. The molecule has 1 heterocycles. The van der Waals surface area contributed by atoms with Gasteiger partial charge in [0.25, 0.3) is 0 Å². The first-order valence-electron chi connectivity index (χ1n) is 11.8. The minimum absolute atomic E-state index is 0.133. The van der Waals surface area contributed by atoms with E-state index in [-0.39, 0.29) is 23.1 Å². The first-order chi connectivity index (χ1) is 17.7. The van der Waals surface area contributed by atoms with Crippen molar-refractivity contribution >= 4 is 40.4 Å². The number of thioether (sulfide) groups is 1. The van der Waals surface area contributed by atoms with Crippen molar-refractivity contribution < 1.29 is 23.5 Å². The third-order valence-electron chi connectivity index (χ3n) is 5.69. The van der Waals surface area contributed by atoms with Gasteiger partial charge in [-0.1, -0.05) is 54.9 Å². The van der Waals surface area contributed by atoms with Crippen molar-refractivity contribution in [2.45, 2.75) is 51.4 Å². The number of nitrogens with zero attached hydrogens (tertiary/aromatic N) is 2. The number of ether oxygens (including phenoxy) is 1. The fourth-order valence-electron chi connectivity index (χ4n) is 3.78. The summed E-state index contributed by atoms with van der Waals surface area (Å²) in [5.41, 5.74) is 1.91. The number of halogens is 2. The van der Waals surface area contributed by atoms with Gasteiger partial charge in [-0.05, 0) is 41.8 Å². The standard InChI is InChI=1S/C27H29ClFN3O4S/c1-4-5-6-24-30-14-21(32(24)16-18-7-12-22(23(29)13-18)27(35)36-3)15-31-26(34)25(37-17(2)33)19-8-10-20(28)11-9-19/h7-14,25H,4-6,15-16H2,1-3H3,(H,31,34). The molecule has 0 aliphatic rings. The predicted molar refractivity (Wildman–Crippen MR) is 142 cm³/mol. The number of benzene rings is 2. The smallest absolute Gasteiger partial charge is 0.340 e. The molecule has 1 amide bonds. The quantitative estimate of drug-likeness (QED) is 0.320. The lowest BCUT2D eigenvalue weighted by atomic mass is 10.1. The molecule has 0 spiro atoms. The second kappa shape index (κ2) is 13.4. The van der Waals surface area contributed by atoms with Crippen LogP contribution in [0.25, 0.3) is 0 Å². The number of aryl methyl sites for hydroxylation is 1. The Hall–Kier alpha value is -3.17. The Morgan fingerprint density at radius 1 is 1.19 bits per heavy atom. The van der Waals surface area contributed by atoms with E-state index in [1.807, 2.05) is 4.57 Å². The number of hydrogen-bond donors (Lipinski definition) is 1. The predicted octanol–water partition coefficient (Wildman–Crippen LogP) is 5.49. The van der Waals surface area contributed by atoms with Crippen LogP contribution in [0.15, 0.2) is 48.7 Å². The van der Waals surface area contributed by atoms with E-state index in [4.69, 9.17) is 11.6 Å². The van der Waals surface area contributed by atoms with Crippen LogP contribution in [-0.4, -0.2) is 33.7 Å². The highest BCUT2D eigenvalue weighted by atomic mass is 35.5. The number of methoxy groups -OCH3 is 1. The third kappa shape index (κ3) is 7.66. The summed E-state index contributed by atoms with van der Waals surface area (Å²) in [5, 5.41) is 2.54. The van der Waals surface area contributed by atoms with Gasteiger partial charge in [0.05, 0.1) is 31.1 Å². The number of carbonyl (C=O) groups excluding carboxylic acids is 3. The molecule has 0 saturated heterocycles. The molecule has 0 fully saturated rings. The molecule has 0 bridgehead atoms. The molecule has 0 saturated carbocycles. The Labute approximate surface area is 224 Å². The van der Waals surface area contributed by atoms with Gasteiger partial charge < -0.3 is 14.6 Å². The van der Waals surface area contributed by atoms with Gasteiger partial charge in [-0.25, -0.2) is 14.2 Å². The minimum atomic E-state index is -0.739. The van der Waals surface area contributed by atoms with Crippen LogP contribution >= 0.6 is 23.4 Å². The topological polar surface area (TPSA) is 90.3 Å². The van der Waals surface area contributed by atoms with Crippen LogP contribution in [0, 0.1) is 5.82 Å². The zero-order valence-corrected chi connectivity index (χ0v) is 22.5. The molecule has 1 N–H and O–H groups in total. The lowest BCUT2D eigenvalue weighted by Gasteiger charge is -2.17. The fraction of sp³-hybridized carbons (Fsp3) is 0.333. The van der Waals surface area contributed by atoms with Crippen LogP contribution in [0.1, 0.15) is 64.9 Å². The summed E-state index contributed by atoms with van der Waals surface area (Å²) in [6.45, 7) is 3.98. The maximum atomic E-state index is 14.5. The number of unbranched alkanes of at least 4 members (excludes halogenated alkanes) is 1. The highest BCUT2D eigenvalue weighted by Gasteiger charge is 2.24. The first kappa shape index (κ1) is 28.4. The summed E-state index contributed by atoms with van der Waals surface area (Å²) >= 11 is 6.91. The summed E-state index contributed by atoms with van der Waals surface area (Å²) in [5.74, 6) is -0.909. The average Bonchev–Trinajstić information content (AvgIpc) is 3.25. The molecular formula is C27H29ClFN3O4S. The zero-order valence-electron chi connectivity index (χ0n) is 20.9. The van der Waals surface area contributed by atoms with Crippen molar-refractivity contribution in [1.82, 2.24) is 14.9 Å². The Morgan fingerprint density at radius 3 is 2.54 bits per heavy atom. The first-order valence-corrected chi connectivity index (χ1v) is 13.1. The van der Waals surface area contributed by atoms with Gasteiger partial charge in [-0.3, -0.25) is 9.59 Å². The molecule has 2 aromatic carbocycles. The largest absolute Gasteiger partial charge is 0.465 e. The number of imidazole rings is 1. The van der Waals surface area contributed by atoms with Gasteiger partial charge in [-0.15, -0.1) is 0 Å². The van der Waals surface area contributed by atoms with E-state index in [2.05, 4.69) is 22.0 Å². The molecule has 3 rings (SSSR count). The van der Waals surface area contributed by atoms with Gasteiger partial charge in [0.2, 0.25) is 5.91 Å². The molecule has 0 aliphatic heterocycles. The van der Waals surface area contributed by atoms with Crippen molar-refractivity contribution in [1.29, 1.82) is 0 Å². The molecule has 196 valence electrons. The van der Waals surface area contributed by atoms with Crippen LogP contribution in [0.3, 0.4) is 0 Å². The van der Waals surface area contributed by atoms with E-state index >= 15 is 0 Å². The average molecular weight is 546 g/mol. The molecule has 0 aliphatic carbocycles. The van der Waals surface area contributed by atoms with E-state index in [0.29, 0.717) is 22.7 Å². The number of esters is 1. The van der Waals surface area contributed by atoms with E-state index in [0.717, 1.165) is 42.5 Å². The molecule has 1 atom stereocenters. The molecular weight excluding hydrogens is 517 g/mol. The molecule has 37 heavy (non-hydrogen) atoms. The van der Waals surface area contributed by atoms with Crippen LogP contribution in [-0.2, 0) is 33.8 Å². The van der Waals surface area contributed by atoms with Crippen LogP contribution in [0.2, 0.25) is 5.02 Å². The Kier molecular flexibility index (Phi) is 10.3. The van der Waals surface area contributed by atoms with E-state index in [1.54, 1.807) is 36.5 Å². The summed E-state index contributed by atoms with van der Waals surface area (Å²) in [7, 11) is 1.20. The third-order valence-corrected chi connectivity index (χ3v) is 7.00. The van der Waals surface area contributed by atoms with Crippen molar-refractivity contribution in [3.63, 3.8) is 0 Å². The molecule has 0 radical (unpaired) electrons. The maximum Gasteiger partial charge on any atom is 0.340 e. The van der Waals surface area contributed by atoms with Crippen molar-refractivity contribution in [2.75, 3.05) is 7.11 Å². The van der Waals surface area contributed by atoms with Crippen molar-refractivity contribution in [3.8, 4) is 0 Å². The Balaban J connectivity index is 1.82. The van der Waals surface area contributed by atoms with Crippen LogP contribution in [0.5, 0.6) is 0 Å². The van der Waals surface area contributed by atoms with E-state index < -0.39 is 17.0 Å². The number of amides is 1. The van der Waals surface area contributed by atoms with Gasteiger partial charge >= 0.3 is 5.97 Å². The number of rotatable bonds is 11. The van der Waals surface area contributed by atoms with E-state index in [1.165, 1.54) is 26.2 Å². The minimum Gasteiger partial charge on any atom is -0.465 e. The SMILES string of the molecule is CCCCc1ncc(CNC(=O)C(SC(C)=O)c2ccc(Cl)cc2)n1Cc1ccc(C(=O)OC)c(F)c1. The van der Waals surface area contributed by atoms with Crippen LogP contribution < -0.4 is 5.32 Å². The normalized spacial score (nSPS) is 11.7. The fourth-order valence-corrected chi connectivity index (χ4v) is 4.73. The molecule has 10 heteroatoms. The van der Waals surface area contributed by atoms with Gasteiger partial charge in [0.1, 0.15) is 16.9 Å². The molecule has 7 nitrogen and oxygen atoms in total. The summed E-state index contributed by atoms with van der Waals surface area (Å²) < 4.78 is 21.1. The molecule has 1 aromatic heterocycles. The summed E-state index contributed by atoms with van der Waals surface area (Å²) in [6, 6.07) is 11.2. The summed E-state index contributed by atoms with van der Waals surface area (Å²) in [4.78, 5) is 41.2. The van der Waals surface area contributed by atoms with Crippen molar-refractivity contribution in [3.05, 3.63) is 87.7 Å². The number of nitrogens with one attached hydrogen (secondary N) is 1. The highest BCUT2D eigenvalue weighted by Crippen LogP contribution is 2.30. The monoisotopic (exact) mass is 545 g/mol. The van der Waals surface area contributed by atoms with E-state index in [9.17, 15) is 18.8 Å². The highest BCUT2D eigenvalue weighted by molar-refractivity contribution is 8.14. The Bertz CT molecular complexity index is 1260. The van der Waals surface area contributed by atoms with Crippen molar-refractivity contribution in [2.24, 2.45) is 0 Å². The number of carbonyl (C=O) groups is 3. The van der Waals surface area contributed by atoms with Gasteiger partial charge in [0.15, 0.2) is 5.12 Å². The van der Waals surface area contributed by atoms with Gasteiger partial charge in [-0.2, -0.15) is 0 Å². The molecule has 1 unspecified atom stereocenters. The summed E-state index contributed by atoms with van der Waals surface area (Å²) in [6.07, 6.45) is 4.32. The molecule has 3 aromatic rings. The lowest BCUT2D eigenvalue weighted by Crippen LogP contribution is -2.29. The lowest BCUT2D eigenvalue weighted by molar-refractivity contribution is -0.121. The number of hydrogen-bond acceptors (Lipinski definition) is 6. The Morgan fingerprint density at radius 2 is 1.92 bits per heavy atom. The maximum absolute atomic E-state index is 14.5. The van der Waals surface area contributed by atoms with Gasteiger partial charge in [0, 0.05) is 24.9 Å². The second-order valence-electron chi connectivity index (χ2n) is 8.42. The zero-order chi connectivity index (χ0) is 26.9.